The Labute approximate surface area is 161 Å². The number of carbonyl (C=O) groups excluding carboxylic acids is 2. The van der Waals surface area contributed by atoms with Gasteiger partial charge in [-0.05, 0) is 43.5 Å². The lowest BCUT2D eigenvalue weighted by Crippen LogP contribution is -2.34. The average molecular weight is 368 g/mol. The van der Waals surface area contributed by atoms with Crippen LogP contribution < -0.4 is 15.4 Å². The fourth-order valence-corrected chi connectivity index (χ4v) is 2.50. The van der Waals surface area contributed by atoms with E-state index in [0.29, 0.717) is 35.9 Å². The molecule has 5 nitrogen and oxygen atoms in total. The van der Waals surface area contributed by atoms with Crippen LogP contribution >= 0.6 is 0 Å². The van der Waals surface area contributed by atoms with E-state index < -0.39 is 6.10 Å². The van der Waals surface area contributed by atoms with Crippen LogP contribution in [0.2, 0.25) is 0 Å². The van der Waals surface area contributed by atoms with Gasteiger partial charge < -0.3 is 15.4 Å². The number of hydrogen-bond donors (Lipinski definition) is 2. The van der Waals surface area contributed by atoms with Gasteiger partial charge in [-0.15, -0.1) is 0 Å². The van der Waals surface area contributed by atoms with Gasteiger partial charge in [0.15, 0.2) is 6.10 Å². The van der Waals surface area contributed by atoms with Crippen molar-refractivity contribution in [2.24, 2.45) is 5.92 Å². The van der Waals surface area contributed by atoms with Gasteiger partial charge in [0.25, 0.3) is 11.8 Å². The molecule has 0 unspecified atom stereocenters. The second-order valence-corrected chi connectivity index (χ2v) is 6.97. The minimum atomic E-state index is -0.639. The van der Waals surface area contributed by atoms with E-state index in [-0.39, 0.29) is 11.8 Å². The molecule has 0 aliphatic heterocycles. The maximum absolute atomic E-state index is 12.7. The van der Waals surface area contributed by atoms with Crippen LogP contribution in [0.5, 0.6) is 5.75 Å². The van der Waals surface area contributed by atoms with E-state index in [2.05, 4.69) is 10.6 Å². The number of hydrogen-bond acceptors (Lipinski definition) is 3. The van der Waals surface area contributed by atoms with Crippen LogP contribution in [0.1, 0.15) is 43.1 Å². The summed E-state index contributed by atoms with van der Waals surface area (Å²) in [6, 6.07) is 14.6. The minimum Gasteiger partial charge on any atom is -0.481 e. The first-order valence-corrected chi connectivity index (χ1v) is 9.32. The summed E-state index contributed by atoms with van der Waals surface area (Å²) in [5.41, 5.74) is 2.05. The molecule has 2 N–H and O–H groups in total. The van der Waals surface area contributed by atoms with Gasteiger partial charge in [0, 0.05) is 6.54 Å². The monoisotopic (exact) mass is 368 g/mol. The zero-order valence-corrected chi connectivity index (χ0v) is 16.4. The highest BCUT2D eigenvalue weighted by Gasteiger charge is 2.21. The van der Waals surface area contributed by atoms with Crippen molar-refractivity contribution in [3.63, 3.8) is 0 Å². The molecule has 0 aromatic heterocycles. The van der Waals surface area contributed by atoms with Crippen molar-refractivity contribution in [1.82, 2.24) is 5.32 Å². The summed E-state index contributed by atoms with van der Waals surface area (Å²) in [5, 5.41) is 5.72. The number of benzene rings is 2. The standard InChI is InChI=1S/C22H28N2O3/c1-5-20(27-17-12-10-16(4)11-13-17)22(26)24-19-9-7-6-8-18(19)21(25)23-14-15(2)3/h6-13,15,20H,5,14H2,1-4H3,(H,23,25)(H,24,26)/t20-/m0/s1. The van der Waals surface area contributed by atoms with Crippen LogP contribution in [0.3, 0.4) is 0 Å². The van der Waals surface area contributed by atoms with Crippen molar-refractivity contribution in [2.75, 3.05) is 11.9 Å². The van der Waals surface area contributed by atoms with E-state index in [1.54, 1.807) is 24.3 Å². The zero-order valence-electron chi connectivity index (χ0n) is 16.4. The molecule has 0 saturated heterocycles. The number of amides is 2. The van der Waals surface area contributed by atoms with Gasteiger partial charge in [-0.25, -0.2) is 0 Å². The highest BCUT2D eigenvalue weighted by atomic mass is 16.5. The Hall–Kier alpha value is -2.82. The zero-order chi connectivity index (χ0) is 19.8. The topological polar surface area (TPSA) is 67.4 Å². The molecular formula is C22H28N2O3. The van der Waals surface area contributed by atoms with E-state index >= 15 is 0 Å². The lowest BCUT2D eigenvalue weighted by atomic mass is 10.1. The van der Waals surface area contributed by atoms with Crippen LogP contribution in [0, 0.1) is 12.8 Å². The highest BCUT2D eigenvalue weighted by Crippen LogP contribution is 2.18. The first-order chi connectivity index (χ1) is 12.9. The molecule has 144 valence electrons. The summed E-state index contributed by atoms with van der Waals surface area (Å²) in [7, 11) is 0. The summed E-state index contributed by atoms with van der Waals surface area (Å²) >= 11 is 0. The first-order valence-electron chi connectivity index (χ1n) is 9.32. The fraction of sp³-hybridized carbons (Fsp3) is 0.364. The Morgan fingerprint density at radius 2 is 1.70 bits per heavy atom. The van der Waals surface area contributed by atoms with Gasteiger partial charge in [0.1, 0.15) is 5.75 Å². The van der Waals surface area contributed by atoms with Crippen LogP contribution in [0.15, 0.2) is 48.5 Å². The van der Waals surface area contributed by atoms with Crippen molar-refractivity contribution >= 4 is 17.5 Å². The number of rotatable bonds is 8. The largest absolute Gasteiger partial charge is 0.481 e. The van der Waals surface area contributed by atoms with Gasteiger partial charge in [0.05, 0.1) is 11.3 Å². The van der Waals surface area contributed by atoms with Crippen molar-refractivity contribution in [3.05, 3.63) is 59.7 Å². The molecule has 27 heavy (non-hydrogen) atoms. The van der Waals surface area contributed by atoms with Crippen LogP contribution in [0.25, 0.3) is 0 Å². The molecule has 0 spiro atoms. The SMILES string of the molecule is CC[C@H](Oc1ccc(C)cc1)C(=O)Nc1ccccc1C(=O)NCC(C)C. The highest BCUT2D eigenvalue weighted by molar-refractivity contribution is 6.04. The second-order valence-electron chi connectivity index (χ2n) is 6.97. The molecule has 0 aliphatic rings. The summed E-state index contributed by atoms with van der Waals surface area (Å²) in [6.45, 7) is 8.52. The second kappa shape index (κ2) is 9.76. The third kappa shape index (κ3) is 6.13. The van der Waals surface area contributed by atoms with Crippen molar-refractivity contribution in [1.29, 1.82) is 0 Å². The maximum atomic E-state index is 12.7. The summed E-state index contributed by atoms with van der Waals surface area (Å²) < 4.78 is 5.82. The van der Waals surface area contributed by atoms with Gasteiger partial charge >= 0.3 is 0 Å². The third-order valence-corrected chi connectivity index (χ3v) is 4.06. The first kappa shape index (κ1) is 20.5. The number of ether oxygens (including phenoxy) is 1. The molecule has 2 aromatic rings. The molecule has 2 amide bonds. The number of para-hydroxylation sites is 1. The van der Waals surface area contributed by atoms with Crippen LogP contribution in [0.4, 0.5) is 5.69 Å². The number of nitrogens with one attached hydrogen (secondary N) is 2. The predicted octanol–water partition coefficient (Wildman–Crippen LogP) is 4.18. The normalized spacial score (nSPS) is 11.7. The van der Waals surface area contributed by atoms with Gasteiger partial charge in [-0.1, -0.05) is 50.6 Å². The Balaban J connectivity index is 2.09. The van der Waals surface area contributed by atoms with E-state index in [9.17, 15) is 9.59 Å². The Bertz CT molecular complexity index is 769. The van der Waals surface area contributed by atoms with Gasteiger partial charge in [-0.3, -0.25) is 9.59 Å². The van der Waals surface area contributed by atoms with Crippen molar-refractivity contribution in [2.45, 2.75) is 40.2 Å². The molecular weight excluding hydrogens is 340 g/mol. The lowest BCUT2D eigenvalue weighted by molar-refractivity contribution is -0.122. The Morgan fingerprint density at radius 3 is 2.33 bits per heavy atom. The molecule has 0 heterocycles. The van der Waals surface area contributed by atoms with Crippen LogP contribution in [-0.4, -0.2) is 24.5 Å². The molecule has 1 atom stereocenters. The molecule has 2 rings (SSSR count). The average Bonchev–Trinajstić information content (AvgIpc) is 2.66. The van der Waals surface area contributed by atoms with E-state index in [0.717, 1.165) is 5.56 Å². The van der Waals surface area contributed by atoms with Crippen molar-refractivity contribution in [3.8, 4) is 5.75 Å². The molecule has 0 aliphatic carbocycles. The summed E-state index contributed by atoms with van der Waals surface area (Å²) in [5.74, 6) is 0.517. The molecule has 0 fully saturated rings. The van der Waals surface area contributed by atoms with Crippen molar-refractivity contribution < 1.29 is 14.3 Å². The Morgan fingerprint density at radius 1 is 1.04 bits per heavy atom. The van der Waals surface area contributed by atoms with E-state index in [1.165, 1.54) is 0 Å². The molecule has 0 radical (unpaired) electrons. The quantitative estimate of drug-likeness (QED) is 0.735. The van der Waals surface area contributed by atoms with Crippen LogP contribution in [-0.2, 0) is 4.79 Å². The Kier molecular flexibility index (Phi) is 7.41. The number of carbonyl (C=O) groups is 2. The molecule has 0 bridgehead atoms. The fourth-order valence-electron chi connectivity index (χ4n) is 2.50. The number of anilines is 1. The lowest BCUT2D eigenvalue weighted by Gasteiger charge is -2.19. The minimum absolute atomic E-state index is 0.202. The third-order valence-electron chi connectivity index (χ3n) is 4.06. The smallest absolute Gasteiger partial charge is 0.265 e. The molecule has 2 aromatic carbocycles. The van der Waals surface area contributed by atoms with E-state index in [4.69, 9.17) is 4.74 Å². The summed E-state index contributed by atoms with van der Waals surface area (Å²) in [4.78, 5) is 25.1. The molecule has 0 saturated carbocycles. The maximum Gasteiger partial charge on any atom is 0.265 e. The van der Waals surface area contributed by atoms with E-state index in [1.807, 2.05) is 52.0 Å². The number of aryl methyl sites for hydroxylation is 1. The predicted molar refractivity (Wildman–Crippen MR) is 108 cm³/mol. The van der Waals surface area contributed by atoms with Gasteiger partial charge in [-0.2, -0.15) is 0 Å². The van der Waals surface area contributed by atoms with Gasteiger partial charge in [0.2, 0.25) is 0 Å². The summed E-state index contributed by atoms with van der Waals surface area (Å²) in [6.07, 6.45) is -0.124. The molecule has 5 heteroatoms.